The van der Waals surface area contributed by atoms with Crippen molar-refractivity contribution in [3.63, 3.8) is 0 Å². The summed E-state index contributed by atoms with van der Waals surface area (Å²) in [5.41, 5.74) is 3.40. The van der Waals surface area contributed by atoms with Gasteiger partial charge in [0, 0.05) is 4.47 Å². The van der Waals surface area contributed by atoms with E-state index in [0.717, 1.165) is 22.0 Å². The van der Waals surface area contributed by atoms with E-state index in [1.807, 2.05) is 13.1 Å². The van der Waals surface area contributed by atoms with Gasteiger partial charge in [-0.25, -0.2) is 4.39 Å². The van der Waals surface area contributed by atoms with Crippen LogP contribution < -0.4 is 5.32 Å². The SMILES string of the molecule is CNC(c1cc(F)cc(Br)c1)c1cccc(CC(C)C)c1. The van der Waals surface area contributed by atoms with Gasteiger partial charge >= 0.3 is 0 Å². The van der Waals surface area contributed by atoms with Gasteiger partial charge in [-0.15, -0.1) is 0 Å². The van der Waals surface area contributed by atoms with Crippen LogP contribution in [-0.2, 0) is 6.42 Å². The van der Waals surface area contributed by atoms with Crippen molar-refractivity contribution < 1.29 is 4.39 Å². The third-order valence-electron chi connectivity index (χ3n) is 3.44. The molecule has 0 saturated heterocycles. The Balaban J connectivity index is 2.36. The highest BCUT2D eigenvalue weighted by molar-refractivity contribution is 9.10. The highest BCUT2D eigenvalue weighted by Crippen LogP contribution is 2.26. The Morgan fingerprint density at radius 1 is 1.10 bits per heavy atom. The lowest BCUT2D eigenvalue weighted by Gasteiger charge is -2.19. The van der Waals surface area contributed by atoms with Crippen LogP contribution in [0, 0.1) is 11.7 Å². The number of hydrogen-bond donors (Lipinski definition) is 1. The maximum absolute atomic E-state index is 13.6. The fourth-order valence-corrected chi connectivity index (χ4v) is 3.12. The maximum Gasteiger partial charge on any atom is 0.124 e. The molecule has 3 heteroatoms. The second-order valence-corrected chi connectivity index (χ2v) is 6.68. The molecule has 1 atom stereocenters. The van der Waals surface area contributed by atoms with Gasteiger partial charge in [-0.2, -0.15) is 0 Å². The molecule has 2 aromatic rings. The van der Waals surface area contributed by atoms with Crippen molar-refractivity contribution in [1.29, 1.82) is 0 Å². The molecular weight excluding hydrogens is 329 g/mol. The van der Waals surface area contributed by atoms with Crippen LogP contribution in [0.15, 0.2) is 46.9 Å². The summed E-state index contributed by atoms with van der Waals surface area (Å²) in [6.07, 6.45) is 1.05. The largest absolute Gasteiger partial charge is 0.309 e. The lowest BCUT2D eigenvalue weighted by Crippen LogP contribution is -2.18. The molecule has 2 aromatic carbocycles. The summed E-state index contributed by atoms with van der Waals surface area (Å²) in [5.74, 6) is 0.398. The Labute approximate surface area is 134 Å². The molecule has 0 amide bonds. The quantitative estimate of drug-likeness (QED) is 0.792. The summed E-state index contributed by atoms with van der Waals surface area (Å²) >= 11 is 3.36. The van der Waals surface area contributed by atoms with Crippen LogP contribution >= 0.6 is 15.9 Å². The molecule has 0 aliphatic rings. The van der Waals surface area contributed by atoms with Crippen molar-refractivity contribution >= 4 is 15.9 Å². The molecule has 0 spiro atoms. The number of benzene rings is 2. The van der Waals surface area contributed by atoms with E-state index in [9.17, 15) is 4.39 Å². The molecule has 0 saturated carbocycles. The zero-order chi connectivity index (χ0) is 15.4. The Hall–Kier alpha value is -1.19. The molecule has 0 aromatic heterocycles. The molecule has 0 aliphatic carbocycles. The zero-order valence-corrected chi connectivity index (χ0v) is 14.2. The van der Waals surface area contributed by atoms with E-state index in [4.69, 9.17) is 0 Å². The molecule has 0 bridgehead atoms. The minimum atomic E-state index is -0.224. The van der Waals surface area contributed by atoms with Gasteiger partial charge in [0.15, 0.2) is 0 Å². The summed E-state index contributed by atoms with van der Waals surface area (Å²) in [7, 11) is 1.90. The van der Waals surface area contributed by atoms with Crippen molar-refractivity contribution in [2.75, 3.05) is 7.05 Å². The minimum Gasteiger partial charge on any atom is -0.309 e. The van der Waals surface area contributed by atoms with E-state index < -0.39 is 0 Å². The van der Waals surface area contributed by atoms with Gasteiger partial charge in [-0.3, -0.25) is 0 Å². The van der Waals surface area contributed by atoms with Gasteiger partial charge in [-0.1, -0.05) is 54.0 Å². The normalized spacial score (nSPS) is 12.7. The summed E-state index contributed by atoms with van der Waals surface area (Å²) in [5, 5.41) is 3.28. The second-order valence-electron chi connectivity index (χ2n) is 5.77. The molecule has 21 heavy (non-hydrogen) atoms. The van der Waals surface area contributed by atoms with E-state index in [-0.39, 0.29) is 11.9 Å². The van der Waals surface area contributed by atoms with Gasteiger partial charge in [-0.05, 0) is 54.3 Å². The fourth-order valence-electron chi connectivity index (χ4n) is 2.64. The van der Waals surface area contributed by atoms with E-state index >= 15 is 0 Å². The first-order valence-electron chi connectivity index (χ1n) is 7.21. The highest BCUT2D eigenvalue weighted by Gasteiger charge is 2.14. The Morgan fingerprint density at radius 3 is 2.48 bits per heavy atom. The molecule has 1 nitrogen and oxygen atoms in total. The minimum absolute atomic E-state index is 0.0101. The van der Waals surface area contributed by atoms with Crippen molar-refractivity contribution in [2.45, 2.75) is 26.3 Å². The average Bonchev–Trinajstić information content (AvgIpc) is 2.38. The van der Waals surface area contributed by atoms with E-state index in [1.165, 1.54) is 11.6 Å². The molecule has 0 radical (unpaired) electrons. The van der Waals surface area contributed by atoms with Crippen molar-refractivity contribution in [1.82, 2.24) is 5.32 Å². The number of halogens is 2. The molecule has 0 heterocycles. The Kier molecular flexibility index (Phi) is 5.54. The summed E-state index contributed by atoms with van der Waals surface area (Å²) in [6.45, 7) is 4.43. The second kappa shape index (κ2) is 7.19. The molecular formula is C18H21BrFN. The van der Waals surface area contributed by atoms with Crippen LogP contribution in [0.25, 0.3) is 0 Å². The molecule has 0 fully saturated rings. The van der Waals surface area contributed by atoms with Crippen molar-refractivity contribution in [3.8, 4) is 0 Å². The van der Waals surface area contributed by atoms with Crippen LogP contribution in [0.5, 0.6) is 0 Å². The third-order valence-corrected chi connectivity index (χ3v) is 3.89. The van der Waals surface area contributed by atoms with Crippen LogP contribution in [0.4, 0.5) is 4.39 Å². The highest BCUT2D eigenvalue weighted by atomic mass is 79.9. The number of hydrogen-bond acceptors (Lipinski definition) is 1. The summed E-state index contributed by atoms with van der Waals surface area (Å²) in [4.78, 5) is 0. The van der Waals surface area contributed by atoms with Gasteiger partial charge in [0.1, 0.15) is 5.82 Å². The predicted octanol–water partition coefficient (Wildman–Crippen LogP) is 5.10. The van der Waals surface area contributed by atoms with Crippen LogP contribution in [-0.4, -0.2) is 7.05 Å². The predicted molar refractivity (Wildman–Crippen MR) is 90.0 cm³/mol. The molecule has 1 unspecified atom stereocenters. The zero-order valence-electron chi connectivity index (χ0n) is 12.7. The molecule has 112 valence electrons. The van der Waals surface area contributed by atoms with Gasteiger partial charge in [0.05, 0.1) is 6.04 Å². The number of nitrogens with one attached hydrogen (secondary N) is 1. The van der Waals surface area contributed by atoms with Gasteiger partial charge in [0.25, 0.3) is 0 Å². The fraction of sp³-hybridized carbons (Fsp3) is 0.333. The smallest absolute Gasteiger partial charge is 0.124 e. The van der Waals surface area contributed by atoms with E-state index in [2.05, 4.69) is 59.4 Å². The molecule has 2 rings (SSSR count). The van der Waals surface area contributed by atoms with Gasteiger partial charge in [0.2, 0.25) is 0 Å². The lowest BCUT2D eigenvalue weighted by molar-refractivity contribution is 0.615. The van der Waals surface area contributed by atoms with E-state index in [0.29, 0.717) is 5.92 Å². The van der Waals surface area contributed by atoms with Crippen molar-refractivity contribution in [2.24, 2.45) is 5.92 Å². The first-order chi connectivity index (χ1) is 9.99. The van der Waals surface area contributed by atoms with Crippen LogP contribution in [0.2, 0.25) is 0 Å². The van der Waals surface area contributed by atoms with Crippen LogP contribution in [0.1, 0.15) is 36.6 Å². The van der Waals surface area contributed by atoms with Crippen molar-refractivity contribution in [3.05, 3.63) is 69.4 Å². The standard InChI is InChI=1S/C18H21BrFN/c1-12(2)7-13-5-4-6-14(8-13)18(21-3)15-9-16(19)11-17(20)10-15/h4-6,8-12,18,21H,7H2,1-3H3. The number of rotatable bonds is 5. The Bertz CT molecular complexity index is 590. The average molecular weight is 350 g/mol. The van der Waals surface area contributed by atoms with Crippen LogP contribution in [0.3, 0.4) is 0 Å². The first-order valence-corrected chi connectivity index (χ1v) is 8.01. The molecule has 1 N–H and O–H groups in total. The molecule has 0 aliphatic heterocycles. The lowest BCUT2D eigenvalue weighted by atomic mass is 9.94. The summed E-state index contributed by atoms with van der Waals surface area (Å²) < 4.78 is 14.4. The maximum atomic E-state index is 13.6. The third kappa shape index (κ3) is 4.39. The summed E-state index contributed by atoms with van der Waals surface area (Å²) in [6, 6.07) is 13.5. The van der Waals surface area contributed by atoms with E-state index in [1.54, 1.807) is 6.07 Å². The van der Waals surface area contributed by atoms with Gasteiger partial charge < -0.3 is 5.32 Å². The first kappa shape index (κ1) is 16.2. The Morgan fingerprint density at radius 2 is 1.86 bits per heavy atom. The topological polar surface area (TPSA) is 12.0 Å². The monoisotopic (exact) mass is 349 g/mol.